The number of nitrogens with zero attached hydrogens (tertiary/aromatic N) is 5. The summed E-state index contributed by atoms with van der Waals surface area (Å²) in [7, 11) is 0. The van der Waals surface area contributed by atoms with Gasteiger partial charge in [0.15, 0.2) is 0 Å². The monoisotopic (exact) mass is 1220 g/mol. The molecule has 0 bridgehead atoms. The van der Waals surface area contributed by atoms with Crippen LogP contribution in [-0.2, 0) is 25.7 Å². The Balaban J connectivity index is 1.02. The fraction of sp³-hybridized carbons (Fsp3) is 0.0833. The molecule has 0 saturated carbocycles. The number of para-hydroxylation sites is 4. The molecule has 0 atom stereocenters. The van der Waals surface area contributed by atoms with Crippen LogP contribution < -0.4 is 19.8 Å². The molecular formula is C72H56BN5OPt-2. The first kappa shape index (κ1) is 42.0. The van der Waals surface area contributed by atoms with Crippen LogP contribution in [0.25, 0.3) is 66.9 Å². The molecule has 0 N–H and O–H groups in total. The van der Waals surface area contributed by atoms with Crippen LogP contribution in [0, 0.1) is 35.6 Å². The van der Waals surface area contributed by atoms with Crippen molar-refractivity contribution in [3.05, 3.63) is 281 Å². The molecule has 0 spiro atoms. The Morgan fingerprint density at radius 2 is 1.21 bits per heavy atom. The molecule has 0 aliphatic carbocycles. The van der Waals surface area contributed by atoms with Crippen LogP contribution >= 0.6 is 0 Å². The summed E-state index contributed by atoms with van der Waals surface area (Å²) in [6.07, 6.45) is -1.79. The summed E-state index contributed by atoms with van der Waals surface area (Å²) in [5.74, 6) is 0.234. The predicted octanol–water partition coefficient (Wildman–Crippen LogP) is 17.5. The topological polar surface area (TPSA) is 38.5 Å². The molecule has 12 aromatic rings. The van der Waals surface area contributed by atoms with Crippen molar-refractivity contribution in [2.45, 2.75) is 33.9 Å². The predicted molar refractivity (Wildman–Crippen MR) is 327 cm³/mol. The van der Waals surface area contributed by atoms with E-state index in [0.29, 0.717) is 54.5 Å². The van der Waals surface area contributed by atoms with Crippen molar-refractivity contribution in [3.63, 3.8) is 0 Å². The van der Waals surface area contributed by atoms with Crippen molar-refractivity contribution in [3.8, 4) is 67.5 Å². The van der Waals surface area contributed by atoms with E-state index in [-0.39, 0.29) is 22.8 Å². The molecule has 10 aromatic carbocycles. The van der Waals surface area contributed by atoms with Crippen LogP contribution in [0.3, 0.4) is 0 Å². The Labute approximate surface area is 491 Å². The van der Waals surface area contributed by atoms with Crippen LogP contribution in [0.5, 0.6) is 11.6 Å². The third-order valence-electron chi connectivity index (χ3n) is 14.4. The molecule has 13 rings (SSSR count). The van der Waals surface area contributed by atoms with E-state index in [0.717, 1.165) is 50.1 Å². The van der Waals surface area contributed by atoms with E-state index < -0.39 is 33.0 Å². The number of aromatic nitrogens is 3. The van der Waals surface area contributed by atoms with Gasteiger partial charge in [-0.2, -0.15) is 12.1 Å². The first-order valence-electron chi connectivity index (χ1n) is 30.6. The summed E-state index contributed by atoms with van der Waals surface area (Å²) >= 11 is 2.33. The van der Waals surface area contributed by atoms with Gasteiger partial charge in [0.25, 0.3) is 0 Å². The molecule has 0 fully saturated rings. The van der Waals surface area contributed by atoms with Gasteiger partial charge in [-0.3, -0.25) is 0 Å². The van der Waals surface area contributed by atoms with E-state index in [1.54, 1.807) is 30.3 Å². The molecule has 0 amide bonds. The fourth-order valence-corrected chi connectivity index (χ4v) is 12.0. The van der Waals surface area contributed by atoms with Crippen molar-refractivity contribution >= 4 is 46.4 Å². The summed E-state index contributed by atoms with van der Waals surface area (Å²) in [5, 5.41) is 0. The van der Waals surface area contributed by atoms with Gasteiger partial charge in [0.2, 0.25) is 0 Å². The SMILES string of the molecule is [2H]C([2H])([2H])c1cccc(-c2cc(C([2H])([2H])C(C)C)cc(-c3ccc(-c4ccccc4)cc3)c2-n2[c](=[Pt])n(-c3[c-]c(Oc4nc(N5B(c6ccccc6)N(c6ccccc6)c6ccc[c-]c65)cc(C([2H])([2H])[2H])c4-c4ccccc4)ccc3)c3ccccc32)c1. The van der Waals surface area contributed by atoms with Gasteiger partial charge in [0.05, 0.1) is 0 Å². The number of aryl methyl sites for hydroxylation is 2. The number of imidazole rings is 1. The third-order valence-corrected chi connectivity index (χ3v) is 15.4. The molecule has 1 aliphatic rings. The molecule has 1 aliphatic heterocycles. The van der Waals surface area contributed by atoms with Crippen LogP contribution in [0.2, 0.25) is 0 Å². The Hall–Kier alpha value is -9.03. The second kappa shape index (κ2) is 21.7. The second-order valence-corrected chi connectivity index (χ2v) is 21.0. The number of rotatable bonds is 13. The molecule has 6 nitrogen and oxygen atoms in total. The minimum atomic E-state index is -2.64. The van der Waals surface area contributed by atoms with E-state index in [9.17, 15) is 6.85 Å². The minimum absolute atomic E-state index is 0.0441. The molecule has 390 valence electrons. The average Bonchev–Trinajstić information content (AvgIpc) is 1.81. The maximum absolute atomic E-state index is 9.58. The molecule has 0 saturated heterocycles. The van der Waals surface area contributed by atoms with E-state index in [2.05, 4.69) is 106 Å². The summed E-state index contributed by atoms with van der Waals surface area (Å²) < 4.78 is 84.3. The standard InChI is InChI=1S/C72H56BN5O.Pt/c1-50(2)43-53-46-63(56-41-39-55(40-42-56)54-24-9-5-10-25-54)71(64(47-53)58-28-21-23-51(3)44-58)76-49-75(65-35-17-18-36-66(65)76)61-33-22-34-62(48-61)79-72-70(57-26-11-6-12-27-57)52(4)45-69(74-72)78-68-38-20-19-37-67(68)77(60-31-15-8-16-32-60)73(78)59-29-13-7-14-30-59;/h5-37,39-42,44-47,50H,43H2,1-4H3;/q-2;/i3D3,4D3,43D2;. The van der Waals surface area contributed by atoms with Gasteiger partial charge in [-0.25, -0.2) is 0 Å². The van der Waals surface area contributed by atoms with Crippen molar-refractivity contribution in [1.82, 2.24) is 14.1 Å². The summed E-state index contributed by atoms with van der Waals surface area (Å²) in [6.45, 7) is -1.86. The Bertz CT molecular complexity index is 4620. The molecule has 2 aromatic heterocycles. The van der Waals surface area contributed by atoms with Crippen molar-refractivity contribution in [1.29, 1.82) is 0 Å². The van der Waals surface area contributed by atoms with Crippen LogP contribution in [0.15, 0.2) is 249 Å². The van der Waals surface area contributed by atoms with Crippen LogP contribution in [0.4, 0.5) is 22.9 Å². The van der Waals surface area contributed by atoms with E-state index in [1.165, 1.54) is 0 Å². The van der Waals surface area contributed by atoms with Gasteiger partial charge in [-0.15, -0.1) is 6.07 Å². The number of hydrogen-bond acceptors (Lipinski definition) is 4. The van der Waals surface area contributed by atoms with Crippen molar-refractivity contribution in [2.24, 2.45) is 5.92 Å². The number of benzene rings is 10. The molecule has 80 heavy (non-hydrogen) atoms. The van der Waals surface area contributed by atoms with Crippen molar-refractivity contribution < 1.29 is 35.1 Å². The fourth-order valence-electron chi connectivity index (χ4n) is 11.0. The van der Waals surface area contributed by atoms with Crippen molar-refractivity contribution in [2.75, 3.05) is 9.62 Å². The number of anilines is 4. The zero-order valence-corrected chi connectivity index (χ0v) is 46.1. The molecule has 0 unspecified atom stereocenters. The summed E-state index contributed by atoms with van der Waals surface area (Å²) in [6, 6.07) is 86.8. The number of fused-ring (bicyclic) bond motifs is 2. The van der Waals surface area contributed by atoms with E-state index >= 15 is 0 Å². The first-order chi connectivity index (χ1) is 42.4. The Morgan fingerprint density at radius 1 is 0.588 bits per heavy atom. The summed E-state index contributed by atoms with van der Waals surface area (Å²) in [5.41, 5.74) is 12.7. The number of ether oxygens (including phenoxy) is 1. The van der Waals surface area contributed by atoms with E-state index in [1.807, 2.05) is 176 Å². The normalized spacial score (nSPS) is 14.1. The average molecular weight is 1220 g/mol. The quantitative estimate of drug-likeness (QED) is 0.0852. The number of pyridine rings is 1. The Morgan fingerprint density at radius 3 is 1.93 bits per heavy atom. The van der Waals surface area contributed by atoms with Gasteiger partial charge in [-0.05, 0) is 12.1 Å². The third kappa shape index (κ3) is 9.52. The summed E-state index contributed by atoms with van der Waals surface area (Å²) in [4.78, 5) is 9.64. The van der Waals surface area contributed by atoms with Crippen LogP contribution in [-0.4, -0.2) is 21.1 Å². The molecule has 0 radical (unpaired) electrons. The van der Waals surface area contributed by atoms with Crippen LogP contribution in [0.1, 0.15) is 41.5 Å². The van der Waals surface area contributed by atoms with Gasteiger partial charge in [0.1, 0.15) is 0 Å². The molecule has 3 heterocycles. The maximum atomic E-state index is 9.58. The van der Waals surface area contributed by atoms with Gasteiger partial charge < -0.3 is 0 Å². The second-order valence-electron chi connectivity index (χ2n) is 20.0. The van der Waals surface area contributed by atoms with Gasteiger partial charge in [-0.1, -0.05) is 48.5 Å². The van der Waals surface area contributed by atoms with E-state index in [4.69, 9.17) is 13.8 Å². The first-order valence-corrected chi connectivity index (χ1v) is 27.7. The molecule has 8 heteroatoms. The zero-order valence-electron chi connectivity index (χ0n) is 51.8. The number of hydrogen-bond donors (Lipinski definition) is 0. The Kier molecular flexibility index (Phi) is 11.4. The zero-order chi connectivity index (χ0) is 61.1. The van der Waals surface area contributed by atoms with Gasteiger partial charge in [0, 0.05) is 5.69 Å². The molecular weight excluding hydrogens is 1160 g/mol. The van der Waals surface area contributed by atoms with Gasteiger partial charge >= 0.3 is 409 Å².